The van der Waals surface area contributed by atoms with E-state index in [4.69, 9.17) is 4.74 Å². The van der Waals surface area contributed by atoms with Crippen LogP contribution in [0.4, 0.5) is 4.39 Å². The third-order valence-corrected chi connectivity index (χ3v) is 3.56. The first kappa shape index (κ1) is 14.5. The topological polar surface area (TPSA) is 29.5 Å². The Hall–Kier alpha value is -1.87. The molecule has 0 aliphatic carbocycles. The van der Waals surface area contributed by atoms with Gasteiger partial charge in [-0.25, -0.2) is 4.39 Å². The predicted octanol–water partition coefficient (Wildman–Crippen LogP) is 3.54. The van der Waals surface area contributed by atoms with E-state index in [9.17, 15) is 9.50 Å². The zero-order valence-electron chi connectivity index (χ0n) is 11.7. The average molecular weight is 274 g/mol. The molecular weight excluding hydrogens is 255 g/mol. The Kier molecular flexibility index (Phi) is 4.74. The average Bonchev–Trinajstić information content (AvgIpc) is 2.47. The molecule has 0 saturated heterocycles. The van der Waals surface area contributed by atoms with Gasteiger partial charge in [-0.1, -0.05) is 43.3 Å². The zero-order chi connectivity index (χ0) is 14.5. The summed E-state index contributed by atoms with van der Waals surface area (Å²) >= 11 is 0. The van der Waals surface area contributed by atoms with Crippen LogP contribution in [0.5, 0.6) is 5.75 Å². The van der Waals surface area contributed by atoms with Gasteiger partial charge in [-0.05, 0) is 29.7 Å². The smallest absolute Gasteiger partial charge is 0.165 e. The van der Waals surface area contributed by atoms with Crippen LogP contribution in [0.1, 0.15) is 24.0 Å². The first-order valence-electron chi connectivity index (χ1n) is 6.67. The lowest BCUT2D eigenvalue weighted by Gasteiger charge is -2.19. The van der Waals surface area contributed by atoms with Crippen molar-refractivity contribution in [1.82, 2.24) is 0 Å². The number of hydrogen-bond donors (Lipinski definition) is 1. The van der Waals surface area contributed by atoms with Crippen LogP contribution in [-0.4, -0.2) is 18.3 Å². The number of aliphatic hydroxyl groups is 1. The molecule has 2 atom stereocenters. The molecule has 0 aliphatic rings. The molecule has 2 aromatic rings. The molecule has 2 nitrogen and oxygen atoms in total. The molecule has 0 radical (unpaired) electrons. The molecule has 0 fully saturated rings. The molecule has 106 valence electrons. The summed E-state index contributed by atoms with van der Waals surface area (Å²) < 4.78 is 18.5. The standard InChI is InChI=1S/C17H19FO2/c1-12(14-6-4-3-5-7-14)16(19)11-13-8-9-17(20-2)15(18)10-13/h3-10,12,16,19H,11H2,1-2H3. The number of methoxy groups -OCH3 is 1. The van der Waals surface area contributed by atoms with E-state index in [1.54, 1.807) is 12.1 Å². The molecule has 3 heteroatoms. The van der Waals surface area contributed by atoms with Crippen molar-refractivity contribution in [2.75, 3.05) is 7.11 Å². The monoisotopic (exact) mass is 274 g/mol. The summed E-state index contributed by atoms with van der Waals surface area (Å²) in [5.41, 5.74) is 1.84. The van der Waals surface area contributed by atoms with Crippen molar-refractivity contribution in [3.63, 3.8) is 0 Å². The summed E-state index contributed by atoms with van der Waals surface area (Å²) in [5.74, 6) is -0.176. The first-order valence-corrected chi connectivity index (χ1v) is 6.67. The number of rotatable bonds is 5. The van der Waals surface area contributed by atoms with Crippen molar-refractivity contribution in [3.8, 4) is 5.75 Å². The fraction of sp³-hybridized carbons (Fsp3) is 0.294. The van der Waals surface area contributed by atoms with E-state index in [2.05, 4.69) is 0 Å². The van der Waals surface area contributed by atoms with Gasteiger partial charge in [0.15, 0.2) is 11.6 Å². The minimum Gasteiger partial charge on any atom is -0.494 e. The summed E-state index contributed by atoms with van der Waals surface area (Å²) in [6.07, 6.45) is -0.137. The van der Waals surface area contributed by atoms with Crippen molar-refractivity contribution in [2.24, 2.45) is 0 Å². The van der Waals surface area contributed by atoms with Gasteiger partial charge in [0.05, 0.1) is 13.2 Å². The molecule has 0 spiro atoms. The van der Waals surface area contributed by atoms with Crippen LogP contribution in [0, 0.1) is 5.82 Å². The quantitative estimate of drug-likeness (QED) is 0.903. The van der Waals surface area contributed by atoms with Gasteiger partial charge in [0.1, 0.15) is 0 Å². The highest BCUT2D eigenvalue weighted by molar-refractivity contribution is 5.30. The molecular formula is C17H19FO2. The molecule has 1 N–H and O–H groups in total. The molecule has 0 aliphatic heterocycles. The largest absolute Gasteiger partial charge is 0.494 e. The lowest BCUT2D eigenvalue weighted by atomic mass is 9.91. The SMILES string of the molecule is COc1ccc(CC(O)C(C)c2ccccc2)cc1F. The van der Waals surface area contributed by atoms with Gasteiger partial charge in [0.2, 0.25) is 0 Å². The van der Waals surface area contributed by atoms with Crippen LogP contribution >= 0.6 is 0 Å². The molecule has 0 bridgehead atoms. The molecule has 0 aromatic heterocycles. The number of ether oxygens (including phenoxy) is 1. The van der Waals surface area contributed by atoms with Gasteiger partial charge < -0.3 is 9.84 Å². The van der Waals surface area contributed by atoms with Crippen LogP contribution in [0.25, 0.3) is 0 Å². The maximum atomic E-state index is 13.6. The predicted molar refractivity (Wildman–Crippen MR) is 77.5 cm³/mol. The van der Waals surface area contributed by atoms with E-state index < -0.39 is 11.9 Å². The van der Waals surface area contributed by atoms with Gasteiger partial charge in [0.25, 0.3) is 0 Å². The number of halogens is 1. The summed E-state index contributed by atoms with van der Waals surface area (Å²) in [7, 11) is 1.43. The van der Waals surface area contributed by atoms with E-state index in [1.165, 1.54) is 13.2 Å². The molecule has 2 aromatic carbocycles. The highest BCUT2D eigenvalue weighted by Crippen LogP contribution is 2.24. The van der Waals surface area contributed by atoms with Crippen molar-refractivity contribution in [1.29, 1.82) is 0 Å². The third-order valence-electron chi connectivity index (χ3n) is 3.56. The normalized spacial score (nSPS) is 13.8. The highest BCUT2D eigenvalue weighted by atomic mass is 19.1. The van der Waals surface area contributed by atoms with E-state index in [-0.39, 0.29) is 11.7 Å². The summed E-state index contributed by atoms with van der Waals surface area (Å²) in [5, 5.41) is 10.3. The second kappa shape index (κ2) is 6.53. The molecule has 0 amide bonds. The van der Waals surface area contributed by atoms with Crippen LogP contribution in [0.3, 0.4) is 0 Å². The van der Waals surface area contributed by atoms with Gasteiger partial charge in [-0.2, -0.15) is 0 Å². The molecule has 0 saturated carbocycles. The van der Waals surface area contributed by atoms with Crippen molar-refractivity contribution < 1.29 is 14.2 Å². The van der Waals surface area contributed by atoms with E-state index in [0.717, 1.165) is 11.1 Å². The maximum Gasteiger partial charge on any atom is 0.165 e. The van der Waals surface area contributed by atoms with Crippen LogP contribution in [0.15, 0.2) is 48.5 Å². The van der Waals surface area contributed by atoms with Crippen molar-refractivity contribution >= 4 is 0 Å². The molecule has 2 rings (SSSR count). The lowest BCUT2D eigenvalue weighted by molar-refractivity contribution is 0.149. The minimum atomic E-state index is -0.551. The summed E-state index contributed by atoms with van der Waals surface area (Å²) in [4.78, 5) is 0. The highest BCUT2D eigenvalue weighted by Gasteiger charge is 2.17. The Labute approximate surface area is 118 Å². The minimum absolute atomic E-state index is 0.00126. The number of benzene rings is 2. The van der Waals surface area contributed by atoms with Gasteiger partial charge in [0, 0.05) is 5.92 Å². The number of aliphatic hydroxyl groups excluding tert-OH is 1. The van der Waals surface area contributed by atoms with Gasteiger partial charge in [-0.3, -0.25) is 0 Å². The van der Waals surface area contributed by atoms with Crippen molar-refractivity contribution in [2.45, 2.75) is 25.4 Å². The van der Waals surface area contributed by atoms with Crippen LogP contribution < -0.4 is 4.74 Å². The zero-order valence-corrected chi connectivity index (χ0v) is 11.7. The van der Waals surface area contributed by atoms with E-state index in [0.29, 0.717) is 6.42 Å². The molecule has 2 unspecified atom stereocenters. The van der Waals surface area contributed by atoms with E-state index >= 15 is 0 Å². The Morgan fingerprint density at radius 2 is 1.85 bits per heavy atom. The van der Waals surface area contributed by atoms with Crippen molar-refractivity contribution in [3.05, 3.63) is 65.5 Å². The Bertz CT molecular complexity index is 554. The van der Waals surface area contributed by atoms with Gasteiger partial charge >= 0.3 is 0 Å². The Morgan fingerprint density at radius 1 is 1.15 bits per heavy atom. The summed E-state index contributed by atoms with van der Waals surface area (Å²) in [6.45, 7) is 1.97. The van der Waals surface area contributed by atoms with Crippen LogP contribution in [-0.2, 0) is 6.42 Å². The summed E-state index contributed by atoms with van der Waals surface area (Å²) in [6, 6.07) is 14.6. The fourth-order valence-corrected chi connectivity index (χ4v) is 2.23. The number of hydrogen-bond acceptors (Lipinski definition) is 2. The maximum absolute atomic E-state index is 13.6. The van der Waals surface area contributed by atoms with Crippen LogP contribution in [0.2, 0.25) is 0 Å². The lowest BCUT2D eigenvalue weighted by Crippen LogP contribution is -2.18. The molecule has 20 heavy (non-hydrogen) atoms. The second-order valence-corrected chi connectivity index (χ2v) is 4.94. The van der Waals surface area contributed by atoms with E-state index in [1.807, 2.05) is 37.3 Å². The Morgan fingerprint density at radius 3 is 2.45 bits per heavy atom. The molecule has 0 heterocycles. The second-order valence-electron chi connectivity index (χ2n) is 4.94. The fourth-order valence-electron chi connectivity index (χ4n) is 2.23. The first-order chi connectivity index (χ1) is 9.61. The third kappa shape index (κ3) is 3.36. The Balaban J connectivity index is 2.08. The van der Waals surface area contributed by atoms with Gasteiger partial charge in [-0.15, -0.1) is 0 Å².